The Morgan fingerprint density at radius 1 is 1.29 bits per heavy atom. The molecular weight excluding hydrogens is 281 g/mol. The number of nitrogens with one attached hydrogen (secondary N) is 3. The molecule has 0 bridgehead atoms. The normalized spacial score (nSPS) is 10.1. The lowest BCUT2D eigenvalue weighted by Crippen LogP contribution is -2.41. The van der Waals surface area contributed by atoms with Crippen molar-refractivity contribution < 1.29 is 23.9 Å². The summed E-state index contributed by atoms with van der Waals surface area (Å²) in [5, 5.41) is 16.0. The number of hydrogen-bond acceptors (Lipinski definition) is 3. The van der Waals surface area contributed by atoms with Gasteiger partial charge in [-0.15, -0.1) is 0 Å². The number of urea groups is 1. The summed E-state index contributed by atoms with van der Waals surface area (Å²) in [5.41, 5.74) is -0.444. The first kappa shape index (κ1) is 16.4. The first-order valence-electron chi connectivity index (χ1n) is 6.16. The van der Waals surface area contributed by atoms with Gasteiger partial charge in [-0.3, -0.25) is 4.79 Å². The van der Waals surface area contributed by atoms with Crippen molar-refractivity contribution in [3.8, 4) is 0 Å². The van der Waals surface area contributed by atoms with E-state index in [9.17, 15) is 18.8 Å². The van der Waals surface area contributed by atoms with Gasteiger partial charge in [-0.05, 0) is 32.0 Å². The van der Waals surface area contributed by atoms with Crippen LogP contribution >= 0.6 is 0 Å². The second-order valence-corrected chi connectivity index (χ2v) is 4.53. The van der Waals surface area contributed by atoms with Crippen molar-refractivity contribution in [2.45, 2.75) is 19.9 Å². The highest BCUT2D eigenvalue weighted by molar-refractivity contribution is 5.94. The molecule has 3 amide bonds. The standard InChI is InChI=1S/C13H16FN3O4/c1-7(2)16-11(18)6-15-13(21)17-8-3-4-10(14)9(5-8)12(19)20/h3-5,7H,6H2,1-2H3,(H,16,18)(H,19,20)(H2,15,17,21). The molecular formula is C13H16FN3O4. The predicted molar refractivity (Wildman–Crippen MR) is 73.7 cm³/mol. The third kappa shape index (κ3) is 5.47. The molecule has 0 aromatic heterocycles. The number of carbonyl (C=O) groups is 3. The van der Waals surface area contributed by atoms with Crippen molar-refractivity contribution in [1.82, 2.24) is 10.6 Å². The highest BCUT2D eigenvalue weighted by atomic mass is 19.1. The molecule has 0 atom stereocenters. The fourth-order valence-electron chi connectivity index (χ4n) is 1.48. The third-order valence-corrected chi connectivity index (χ3v) is 2.31. The minimum atomic E-state index is -1.44. The second kappa shape index (κ2) is 7.22. The van der Waals surface area contributed by atoms with E-state index in [2.05, 4.69) is 16.0 Å². The Balaban J connectivity index is 2.57. The Bertz CT molecular complexity index is 560. The number of amides is 3. The summed E-state index contributed by atoms with van der Waals surface area (Å²) < 4.78 is 13.2. The topological polar surface area (TPSA) is 108 Å². The second-order valence-electron chi connectivity index (χ2n) is 4.53. The maximum atomic E-state index is 13.2. The lowest BCUT2D eigenvalue weighted by molar-refractivity contribution is -0.120. The molecule has 0 aliphatic carbocycles. The van der Waals surface area contributed by atoms with Gasteiger partial charge in [-0.1, -0.05) is 0 Å². The van der Waals surface area contributed by atoms with E-state index in [0.29, 0.717) is 0 Å². The molecule has 1 aromatic rings. The Kier molecular flexibility index (Phi) is 5.65. The van der Waals surface area contributed by atoms with Crippen molar-refractivity contribution in [2.75, 3.05) is 11.9 Å². The molecule has 0 fully saturated rings. The number of carbonyl (C=O) groups excluding carboxylic acids is 2. The van der Waals surface area contributed by atoms with E-state index in [1.807, 2.05) is 0 Å². The SMILES string of the molecule is CC(C)NC(=O)CNC(=O)Nc1ccc(F)c(C(=O)O)c1. The largest absolute Gasteiger partial charge is 0.478 e. The Hall–Kier alpha value is -2.64. The van der Waals surface area contributed by atoms with Gasteiger partial charge in [0.1, 0.15) is 5.82 Å². The number of carboxylic acids is 1. The van der Waals surface area contributed by atoms with Crippen molar-refractivity contribution >= 4 is 23.6 Å². The van der Waals surface area contributed by atoms with Gasteiger partial charge in [0.05, 0.1) is 12.1 Å². The molecule has 114 valence electrons. The van der Waals surface area contributed by atoms with Gasteiger partial charge in [0, 0.05) is 11.7 Å². The molecule has 1 aromatic carbocycles. The van der Waals surface area contributed by atoms with Gasteiger partial charge in [-0.2, -0.15) is 0 Å². The fraction of sp³-hybridized carbons (Fsp3) is 0.308. The van der Waals surface area contributed by atoms with E-state index in [-0.39, 0.29) is 24.2 Å². The van der Waals surface area contributed by atoms with Crippen molar-refractivity contribution in [3.05, 3.63) is 29.6 Å². The molecule has 21 heavy (non-hydrogen) atoms. The van der Waals surface area contributed by atoms with Crippen LogP contribution in [0.1, 0.15) is 24.2 Å². The van der Waals surface area contributed by atoms with Crippen LogP contribution in [0.15, 0.2) is 18.2 Å². The van der Waals surface area contributed by atoms with Crippen LogP contribution in [-0.2, 0) is 4.79 Å². The molecule has 0 saturated heterocycles. The number of aromatic carboxylic acids is 1. The summed E-state index contributed by atoms with van der Waals surface area (Å²) in [6, 6.07) is 2.40. The van der Waals surface area contributed by atoms with Crippen LogP contribution < -0.4 is 16.0 Å². The highest BCUT2D eigenvalue weighted by Crippen LogP contribution is 2.14. The van der Waals surface area contributed by atoms with Crippen LogP contribution in [-0.4, -0.2) is 35.6 Å². The zero-order valence-corrected chi connectivity index (χ0v) is 11.6. The molecule has 7 nitrogen and oxygen atoms in total. The zero-order chi connectivity index (χ0) is 16.0. The number of benzene rings is 1. The van der Waals surface area contributed by atoms with Gasteiger partial charge in [0.2, 0.25) is 5.91 Å². The van der Waals surface area contributed by atoms with Gasteiger partial charge in [0.15, 0.2) is 0 Å². The van der Waals surface area contributed by atoms with Crippen LogP contribution in [0.3, 0.4) is 0 Å². The minimum absolute atomic E-state index is 0.0439. The summed E-state index contributed by atoms with van der Waals surface area (Å²) in [6.45, 7) is 3.34. The molecule has 0 radical (unpaired) electrons. The van der Waals surface area contributed by atoms with E-state index in [0.717, 1.165) is 12.1 Å². The van der Waals surface area contributed by atoms with Crippen LogP contribution in [0.25, 0.3) is 0 Å². The smallest absolute Gasteiger partial charge is 0.338 e. The molecule has 0 spiro atoms. The lowest BCUT2D eigenvalue weighted by atomic mass is 10.2. The number of hydrogen-bond donors (Lipinski definition) is 4. The van der Waals surface area contributed by atoms with Crippen LogP contribution in [0.2, 0.25) is 0 Å². The molecule has 0 heterocycles. The van der Waals surface area contributed by atoms with Gasteiger partial charge < -0.3 is 21.1 Å². The highest BCUT2D eigenvalue weighted by Gasteiger charge is 2.12. The summed E-state index contributed by atoms with van der Waals surface area (Å²) in [5.74, 6) is -2.69. The van der Waals surface area contributed by atoms with Gasteiger partial charge in [0.25, 0.3) is 0 Å². The summed E-state index contributed by atoms with van der Waals surface area (Å²) in [4.78, 5) is 33.6. The molecule has 0 unspecified atom stereocenters. The quantitative estimate of drug-likeness (QED) is 0.654. The first-order chi connectivity index (χ1) is 9.79. The van der Waals surface area contributed by atoms with E-state index in [1.165, 1.54) is 6.07 Å². The predicted octanol–water partition coefficient (Wildman–Crippen LogP) is 1.17. The molecule has 0 aliphatic rings. The summed E-state index contributed by atoms with van der Waals surface area (Å²) >= 11 is 0. The molecule has 8 heteroatoms. The molecule has 0 saturated carbocycles. The van der Waals surface area contributed by atoms with Crippen molar-refractivity contribution in [1.29, 1.82) is 0 Å². The molecule has 0 aliphatic heterocycles. The third-order valence-electron chi connectivity index (χ3n) is 2.31. The van der Waals surface area contributed by atoms with Crippen molar-refractivity contribution in [3.63, 3.8) is 0 Å². The monoisotopic (exact) mass is 297 g/mol. The number of carboxylic acid groups (broad SMARTS) is 1. The average molecular weight is 297 g/mol. The number of anilines is 1. The van der Waals surface area contributed by atoms with Crippen LogP contribution in [0.4, 0.5) is 14.9 Å². The lowest BCUT2D eigenvalue weighted by Gasteiger charge is -2.10. The minimum Gasteiger partial charge on any atom is -0.478 e. The number of halogens is 1. The first-order valence-corrected chi connectivity index (χ1v) is 6.16. The van der Waals surface area contributed by atoms with Gasteiger partial charge in [-0.25, -0.2) is 14.0 Å². The van der Waals surface area contributed by atoms with Gasteiger partial charge >= 0.3 is 12.0 Å². The summed E-state index contributed by atoms with van der Waals surface area (Å²) in [7, 11) is 0. The Morgan fingerprint density at radius 3 is 2.52 bits per heavy atom. The zero-order valence-electron chi connectivity index (χ0n) is 11.6. The van der Waals surface area contributed by atoms with E-state index >= 15 is 0 Å². The average Bonchev–Trinajstić information content (AvgIpc) is 2.37. The van der Waals surface area contributed by atoms with E-state index in [4.69, 9.17) is 5.11 Å². The van der Waals surface area contributed by atoms with E-state index < -0.39 is 23.4 Å². The van der Waals surface area contributed by atoms with Crippen molar-refractivity contribution in [2.24, 2.45) is 0 Å². The maximum Gasteiger partial charge on any atom is 0.338 e. The molecule has 1 rings (SSSR count). The summed E-state index contributed by atoms with van der Waals surface area (Å²) in [6.07, 6.45) is 0. The Labute approximate surface area is 120 Å². The van der Waals surface area contributed by atoms with Crippen LogP contribution in [0, 0.1) is 5.82 Å². The molecule has 4 N–H and O–H groups in total. The Morgan fingerprint density at radius 2 is 1.95 bits per heavy atom. The van der Waals surface area contributed by atoms with E-state index in [1.54, 1.807) is 13.8 Å². The van der Waals surface area contributed by atoms with Crippen LogP contribution in [0.5, 0.6) is 0 Å². The number of rotatable bonds is 5. The fourth-order valence-corrected chi connectivity index (χ4v) is 1.48. The maximum absolute atomic E-state index is 13.2.